The Morgan fingerprint density at radius 1 is 0.727 bits per heavy atom. The van der Waals surface area contributed by atoms with Crippen molar-refractivity contribution in [3.63, 3.8) is 0 Å². The number of aryl methyl sites for hydroxylation is 2. The van der Waals surface area contributed by atoms with Gasteiger partial charge in [-0.1, -0.05) is 0 Å². The molecule has 2 unspecified atom stereocenters. The number of ether oxygens (including phenoxy) is 2. The van der Waals surface area contributed by atoms with Crippen molar-refractivity contribution in [3.05, 3.63) is 61.2 Å². The summed E-state index contributed by atoms with van der Waals surface area (Å²) in [7, 11) is 3.58. The number of carbonyl (C=O) groups is 2. The summed E-state index contributed by atoms with van der Waals surface area (Å²) in [6.07, 6.45) is 3.63. The molecule has 0 spiro atoms. The molecule has 10 heteroatoms. The van der Waals surface area contributed by atoms with Crippen LogP contribution in [0.4, 0.5) is 0 Å². The number of hydrogen-bond acceptors (Lipinski definition) is 8. The van der Waals surface area contributed by atoms with Crippen LogP contribution in [0.5, 0.6) is 11.5 Å². The predicted octanol–water partition coefficient (Wildman–Crippen LogP) is 2.42. The number of rotatable bonds is 6. The van der Waals surface area contributed by atoms with Crippen molar-refractivity contribution >= 4 is 11.9 Å². The lowest BCUT2D eigenvalue weighted by Crippen LogP contribution is -2.17. The molecule has 0 amide bonds. The maximum atomic E-state index is 12.4. The average Bonchev–Trinajstić information content (AvgIpc) is 3.33. The number of carbonyl (C=O) groups excluding carboxylic acids is 2. The smallest absolute Gasteiger partial charge is 0.315 e. The van der Waals surface area contributed by atoms with Crippen LogP contribution in [0.15, 0.2) is 61.2 Å². The molecule has 1 saturated carbocycles. The molecular formula is C23H20N6O4. The maximum absolute atomic E-state index is 12.4. The molecule has 2 aromatic heterocycles. The van der Waals surface area contributed by atoms with Gasteiger partial charge >= 0.3 is 11.9 Å². The summed E-state index contributed by atoms with van der Waals surface area (Å²) < 4.78 is 14.1. The van der Waals surface area contributed by atoms with E-state index < -0.39 is 23.8 Å². The van der Waals surface area contributed by atoms with E-state index in [-0.39, 0.29) is 0 Å². The van der Waals surface area contributed by atoms with Gasteiger partial charge in [-0.05, 0) is 55.0 Å². The molecule has 2 heterocycles. The minimum atomic E-state index is -0.508. The van der Waals surface area contributed by atoms with E-state index in [0.29, 0.717) is 29.6 Å². The average molecular weight is 444 g/mol. The summed E-state index contributed by atoms with van der Waals surface area (Å²) in [6, 6.07) is 13.8. The lowest BCUT2D eigenvalue weighted by atomic mass is 10.2. The third kappa shape index (κ3) is 4.49. The van der Waals surface area contributed by atoms with Crippen molar-refractivity contribution in [1.82, 2.24) is 29.5 Å². The Morgan fingerprint density at radius 2 is 1.12 bits per heavy atom. The topological polar surface area (TPSA) is 114 Å². The van der Waals surface area contributed by atoms with E-state index in [2.05, 4.69) is 20.2 Å². The Bertz CT molecular complexity index is 1210. The van der Waals surface area contributed by atoms with E-state index in [4.69, 9.17) is 9.47 Å². The summed E-state index contributed by atoms with van der Waals surface area (Å²) in [5, 5.41) is 8.47. The molecule has 2 aromatic carbocycles. The molecule has 0 saturated heterocycles. The van der Waals surface area contributed by atoms with Crippen molar-refractivity contribution in [3.8, 4) is 34.3 Å². The van der Waals surface area contributed by atoms with Gasteiger partial charge in [-0.25, -0.2) is 9.97 Å². The summed E-state index contributed by atoms with van der Waals surface area (Å²) in [5.41, 5.74) is 1.63. The highest BCUT2D eigenvalue weighted by Crippen LogP contribution is 2.41. The van der Waals surface area contributed by atoms with Crippen molar-refractivity contribution in [2.75, 3.05) is 0 Å². The van der Waals surface area contributed by atoms with Gasteiger partial charge in [0.15, 0.2) is 11.6 Å². The zero-order chi connectivity index (χ0) is 22.9. The standard InChI is InChI=1S/C23H20N6O4/c1-28-12-24-20(26-28)14-3-7-16(8-4-14)32-22(30)18-11-19(18)23(31)33-17-9-5-15(6-10-17)21-25-13-29(2)27-21/h3-10,12-13,18-19H,11H2,1-2H3. The van der Waals surface area contributed by atoms with Gasteiger partial charge in [0.25, 0.3) is 0 Å². The highest BCUT2D eigenvalue weighted by molar-refractivity contribution is 5.89. The highest BCUT2D eigenvalue weighted by atomic mass is 16.5. The second-order valence-corrected chi connectivity index (χ2v) is 7.82. The molecular weight excluding hydrogens is 424 g/mol. The second kappa shape index (κ2) is 8.30. The van der Waals surface area contributed by atoms with Crippen LogP contribution in [0.25, 0.3) is 22.8 Å². The van der Waals surface area contributed by atoms with Crippen LogP contribution in [-0.4, -0.2) is 41.5 Å². The van der Waals surface area contributed by atoms with E-state index in [1.165, 1.54) is 0 Å². The molecule has 1 fully saturated rings. The highest BCUT2D eigenvalue weighted by Gasteiger charge is 2.50. The van der Waals surface area contributed by atoms with Gasteiger partial charge in [0, 0.05) is 25.2 Å². The third-order valence-corrected chi connectivity index (χ3v) is 5.26. The number of hydrogen-bond donors (Lipinski definition) is 0. The minimum Gasteiger partial charge on any atom is -0.426 e. The Balaban J connectivity index is 1.14. The SMILES string of the molecule is Cn1cnc(-c2ccc(OC(=O)C3CC3C(=O)Oc3ccc(-c4ncn(C)n4)cc3)cc2)n1. The molecule has 0 bridgehead atoms. The Hall–Kier alpha value is -4.34. The molecule has 33 heavy (non-hydrogen) atoms. The van der Waals surface area contributed by atoms with Crippen molar-refractivity contribution in [1.29, 1.82) is 0 Å². The first-order valence-corrected chi connectivity index (χ1v) is 10.3. The fourth-order valence-corrected chi connectivity index (χ4v) is 3.39. The van der Waals surface area contributed by atoms with Gasteiger partial charge in [-0.2, -0.15) is 10.2 Å². The molecule has 0 N–H and O–H groups in total. The number of benzene rings is 2. The quantitative estimate of drug-likeness (QED) is 0.329. The Morgan fingerprint density at radius 3 is 1.45 bits per heavy atom. The zero-order valence-electron chi connectivity index (χ0n) is 18.0. The molecule has 4 aromatic rings. The lowest BCUT2D eigenvalue weighted by Gasteiger charge is -2.06. The second-order valence-electron chi connectivity index (χ2n) is 7.82. The fourth-order valence-electron chi connectivity index (χ4n) is 3.39. The van der Waals surface area contributed by atoms with Crippen molar-refractivity contribution in [2.45, 2.75) is 6.42 Å². The van der Waals surface area contributed by atoms with Crippen LogP contribution in [0.3, 0.4) is 0 Å². The molecule has 166 valence electrons. The Kier molecular flexibility index (Phi) is 5.17. The molecule has 1 aliphatic rings. The fraction of sp³-hybridized carbons (Fsp3) is 0.217. The number of nitrogens with zero attached hydrogens (tertiary/aromatic N) is 6. The van der Waals surface area contributed by atoms with Crippen LogP contribution in [0.1, 0.15) is 6.42 Å². The van der Waals surface area contributed by atoms with E-state index in [9.17, 15) is 9.59 Å². The molecule has 5 rings (SSSR count). The van der Waals surface area contributed by atoms with Crippen LogP contribution < -0.4 is 9.47 Å². The van der Waals surface area contributed by atoms with Gasteiger partial charge in [-0.3, -0.25) is 19.0 Å². The summed E-state index contributed by atoms with van der Waals surface area (Å²) >= 11 is 0. The van der Waals surface area contributed by atoms with Gasteiger partial charge in [0.2, 0.25) is 0 Å². The number of esters is 2. The van der Waals surface area contributed by atoms with Gasteiger partial charge in [-0.15, -0.1) is 0 Å². The van der Waals surface area contributed by atoms with Crippen molar-refractivity contribution < 1.29 is 19.1 Å². The maximum Gasteiger partial charge on any atom is 0.315 e. The van der Waals surface area contributed by atoms with Gasteiger partial charge in [0.05, 0.1) is 11.8 Å². The minimum absolute atomic E-state index is 0.400. The molecule has 0 radical (unpaired) electrons. The first kappa shape index (κ1) is 20.6. The zero-order valence-corrected chi connectivity index (χ0v) is 18.0. The van der Waals surface area contributed by atoms with Crippen LogP contribution in [-0.2, 0) is 23.7 Å². The normalized spacial score (nSPS) is 16.9. The van der Waals surface area contributed by atoms with E-state index in [0.717, 1.165) is 11.1 Å². The summed E-state index contributed by atoms with van der Waals surface area (Å²) in [6.45, 7) is 0. The van der Waals surface area contributed by atoms with Crippen LogP contribution in [0, 0.1) is 11.8 Å². The summed E-state index contributed by atoms with van der Waals surface area (Å²) in [5.74, 6) is 0.0666. The first-order chi connectivity index (χ1) is 16.0. The molecule has 1 aliphatic carbocycles. The van der Waals surface area contributed by atoms with E-state index in [1.54, 1.807) is 84.6 Å². The molecule has 0 aliphatic heterocycles. The first-order valence-electron chi connectivity index (χ1n) is 10.3. The molecule has 2 atom stereocenters. The number of aromatic nitrogens is 6. The van der Waals surface area contributed by atoms with E-state index >= 15 is 0 Å². The third-order valence-electron chi connectivity index (χ3n) is 5.26. The Labute approximate surface area is 188 Å². The predicted molar refractivity (Wildman–Crippen MR) is 116 cm³/mol. The van der Waals surface area contributed by atoms with E-state index in [1.807, 2.05) is 0 Å². The van der Waals surface area contributed by atoms with Gasteiger partial charge in [0.1, 0.15) is 24.2 Å². The monoisotopic (exact) mass is 444 g/mol. The van der Waals surface area contributed by atoms with Gasteiger partial charge < -0.3 is 9.47 Å². The lowest BCUT2D eigenvalue weighted by molar-refractivity contribution is -0.141. The van der Waals surface area contributed by atoms with Crippen LogP contribution >= 0.6 is 0 Å². The summed E-state index contributed by atoms with van der Waals surface area (Å²) in [4.78, 5) is 33.2. The van der Waals surface area contributed by atoms with Crippen molar-refractivity contribution in [2.24, 2.45) is 25.9 Å². The largest absolute Gasteiger partial charge is 0.426 e. The van der Waals surface area contributed by atoms with Crippen LogP contribution in [0.2, 0.25) is 0 Å². The molecule has 10 nitrogen and oxygen atoms in total.